The molecule has 1 atom stereocenters. The molecule has 0 amide bonds. The number of rotatable bonds is 6. The molecule has 1 aromatic heterocycles. The third-order valence-electron chi connectivity index (χ3n) is 3.53. The van der Waals surface area contributed by atoms with Gasteiger partial charge in [0.15, 0.2) is 0 Å². The van der Waals surface area contributed by atoms with Crippen LogP contribution < -0.4 is 5.32 Å². The van der Waals surface area contributed by atoms with Gasteiger partial charge in [-0.25, -0.2) is 4.39 Å². The van der Waals surface area contributed by atoms with E-state index in [9.17, 15) is 4.39 Å². The van der Waals surface area contributed by atoms with E-state index in [2.05, 4.69) is 46.3 Å². The lowest BCUT2D eigenvalue weighted by atomic mass is 10.1. The summed E-state index contributed by atoms with van der Waals surface area (Å²) in [5.41, 5.74) is 3.33. The summed E-state index contributed by atoms with van der Waals surface area (Å²) in [5, 5.41) is 7.91. The highest BCUT2D eigenvalue weighted by Gasteiger charge is 2.09. The van der Waals surface area contributed by atoms with Gasteiger partial charge in [0.1, 0.15) is 5.82 Å². The second-order valence-corrected chi connectivity index (χ2v) is 6.20. The lowest BCUT2D eigenvalue weighted by Gasteiger charge is -2.16. The van der Waals surface area contributed by atoms with E-state index in [-0.39, 0.29) is 11.9 Å². The van der Waals surface area contributed by atoms with Crippen molar-refractivity contribution in [2.75, 3.05) is 6.54 Å². The van der Waals surface area contributed by atoms with Crippen LogP contribution in [-0.2, 0) is 6.54 Å². The Morgan fingerprint density at radius 3 is 2.71 bits per heavy atom. The van der Waals surface area contributed by atoms with Crippen LogP contribution in [0.25, 0.3) is 0 Å². The zero-order valence-corrected chi connectivity index (χ0v) is 14.2. The Morgan fingerprint density at radius 2 is 2.10 bits per heavy atom. The first-order valence-electron chi connectivity index (χ1n) is 7.17. The largest absolute Gasteiger partial charge is 0.310 e. The van der Waals surface area contributed by atoms with Gasteiger partial charge in [-0.05, 0) is 57.5 Å². The predicted octanol–water partition coefficient (Wildman–Crippen LogP) is 4.14. The maximum absolute atomic E-state index is 13.1. The Morgan fingerprint density at radius 1 is 1.33 bits per heavy atom. The number of benzene rings is 1. The van der Waals surface area contributed by atoms with Crippen LogP contribution in [0.1, 0.15) is 36.3 Å². The summed E-state index contributed by atoms with van der Waals surface area (Å²) in [4.78, 5) is 0. The molecule has 0 bridgehead atoms. The Hall–Kier alpha value is -1.20. The lowest BCUT2D eigenvalue weighted by Crippen LogP contribution is -2.21. The minimum absolute atomic E-state index is 0.181. The number of nitrogens with one attached hydrogen (secondary N) is 1. The molecular weight excluding hydrogens is 333 g/mol. The number of aryl methyl sites for hydroxylation is 3. The third kappa shape index (κ3) is 4.38. The SMILES string of the molecule is Cc1cc(C)n(CCCNC(C)c2ccc(F)cc2Br)n1. The van der Waals surface area contributed by atoms with Crippen molar-refractivity contribution < 1.29 is 4.39 Å². The molecule has 0 saturated heterocycles. The van der Waals surface area contributed by atoms with E-state index in [0.29, 0.717) is 0 Å². The summed E-state index contributed by atoms with van der Waals surface area (Å²) < 4.78 is 15.9. The highest BCUT2D eigenvalue weighted by atomic mass is 79.9. The van der Waals surface area contributed by atoms with Gasteiger partial charge in [0, 0.05) is 22.8 Å². The second kappa shape index (κ2) is 7.18. The fourth-order valence-corrected chi connectivity index (χ4v) is 3.11. The van der Waals surface area contributed by atoms with Crippen molar-refractivity contribution in [3.63, 3.8) is 0 Å². The number of nitrogens with zero attached hydrogens (tertiary/aromatic N) is 2. The first-order chi connectivity index (χ1) is 9.97. The Labute approximate surface area is 133 Å². The summed E-state index contributed by atoms with van der Waals surface area (Å²) in [6.07, 6.45) is 1.01. The van der Waals surface area contributed by atoms with Crippen molar-refractivity contribution >= 4 is 15.9 Å². The van der Waals surface area contributed by atoms with Gasteiger partial charge in [0.25, 0.3) is 0 Å². The first-order valence-corrected chi connectivity index (χ1v) is 7.96. The Bertz CT molecular complexity index is 610. The second-order valence-electron chi connectivity index (χ2n) is 5.35. The number of hydrogen-bond acceptors (Lipinski definition) is 2. The van der Waals surface area contributed by atoms with Gasteiger partial charge in [-0.2, -0.15) is 5.10 Å². The van der Waals surface area contributed by atoms with Crippen molar-refractivity contribution in [1.82, 2.24) is 15.1 Å². The Balaban J connectivity index is 1.81. The molecule has 114 valence electrons. The smallest absolute Gasteiger partial charge is 0.124 e. The van der Waals surface area contributed by atoms with Gasteiger partial charge >= 0.3 is 0 Å². The van der Waals surface area contributed by atoms with Crippen LogP contribution in [0.3, 0.4) is 0 Å². The molecule has 21 heavy (non-hydrogen) atoms. The Kier molecular flexibility index (Phi) is 5.53. The zero-order chi connectivity index (χ0) is 15.4. The van der Waals surface area contributed by atoms with Gasteiger partial charge in [-0.3, -0.25) is 4.68 Å². The van der Waals surface area contributed by atoms with Crippen molar-refractivity contribution in [3.8, 4) is 0 Å². The average Bonchev–Trinajstić information content (AvgIpc) is 2.73. The van der Waals surface area contributed by atoms with Crippen LogP contribution >= 0.6 is 15.9 Å². The first kappa shape index (κ1) is 16.2. The van der Waals surface area contributed by atoms with Crippen molar-refractivity contribution in [3.05, 3.63) is 51.5 Å². The van der Waals surface area contributed by atoms with Gasteiger partial charge in [-0.15, -0.1) is 0 Å². The third-order valence-corrected chi connectivity index (χ3v) is 4.22. The number of halogens is 2. The summed E-state index contributed by atoms with van der Waals surface area (Å²) >= 11 is 3.41. The van der Waals surface area contributed by atoms with E-state index in [0.717, 1.165) is 35.2 Å². The van der Waals surface area contributed by atoms with Crippen LogP contribution in [0, 0.1) is 19.7 Å². The van der Waals surface area contributed by atoms with Gasteiger partial charge < -0.3 is 5.32 Å². The molecule has 0 aliphatic rings. The molecule has 0 aliphatic carbocycles. The normalized spacial score (nSPS) is 12.6. The van der Waals surface area contributed by atoms with E-state index < -0.39 is 0 Å². The maximum Gasteiger partial charge on any atom is 0.124 e. The fraction of sp³-hybridized carbons (Fsp3) is 0.438. The summed E-state index contributed by atoms with van der Waals surface area (Å²) in [6, 6.07) is 7.09. The minimum atomic E-state index is -0.220. The molecule has 0 saturated carbocycles. The van der Waals surface area contributed by atoms with Gasteiger partial charge in [-0.1, -0.05) is 22.0 Å². The van der Waals surface area contributed by atoms with Gasteiger partial charge in [0.2, 0.25) is 0 Å². The van der Waals surface area contributed by atoms with Crippen molar-refractivity contribution in [2.24, 2.45) is 0 Å². The highest BCUT2D eigenvalue weighted by Crippen LogP contribution is 2.24. The van der Waals surface area contributed by atoms with E-state index in [1.54, 1.807) is 0 Å². The highest BCUT2D eigenvalue weighted by molar-refractivity contribution is 9.10. The average molecular weight is 354 g/mol. The molecule has 2 aromatic rings. The monoisotopic (exact) mass is 353 g/mol. The van der Waals surface area contributed by atoms with Crippen molar-refractivity contribution in [1.29, 1.82) is 0 Å². The molecule has 1 heterocycles. The van der Waals surface area contributed by atoms with E-state index >= 15 is 0 Å². The molecule has 1 N–H and O–H groups in total. The molecule has 3 nitrogen and oxygen atoms in total. The molecule has 1 aromatic carbocycles. The maximum atomic E-state index is 13.1. The molecule has 1 unspecified atom stereocenters. The molecule has 0 spiro atoms. The van der Waals surface area contributed by atoms with Crippen LogP contribution in [-0.4, -0.2) is 16.3 Å². The molecule has 5 heteroatoms. The summed E-state index contributed by atoms with van der Waals surface area (Å²) in [6.45, 7) is 7.97. The van der Waals surface area contributed by atoms with Crippen LogP contribution in [0.2, 0.25) is 0 Å². The number of aromatic nitrogens is 2. The van der Waals surface area contributed by atoms with E-state index in [1.165, 1.54) is 17.8 Å². The van der Waals surface area contributed by atoms with Crippen LogP contribution in [0.15, 0.2) is 28.7 Å². The standard InChI is InChI=1S/C16H21BrFN3/c1-11-9-12(2)21(20-11)8-4-7-19-13(3)15-6-5-14(18)10-16(15)17/h5-6,9-10,13,19H,4,7-8H2,1-3H3. The topological polar surface area (TPSA) is 29.9 Å². The molecule has 2 rings (SSSR count). The molecular formula is C16H21BrFN3. The van der Waals surface area contributed by atoms with Crippen LogP contribution in [0.5, 0.6) is 0 Å². The lowest BCUT2D eigenvalue weighted by molar-refractivity contribution is 0.499. The van der Waals surface area contributed by atoms with E-state index in [1.807, 2.05) is 17.7 Å². The van der Waals surface area contributed by atoms with Gasteiger partial charge in [0.05, 0.1) is 5.69 Å². The molecule has 0 radical (unpaired) electrons. The number of hydrogen-bond donors (Lipinski definition) is 1. The van der Waals surface area contributed by atoms with E-state index in [4.69, 9.17) is 0 Å². The summed E-state index contributed by atoms with van der Waals surface area (Å²) in [5.74, 6) is -0.220. The zero-order valence-electron chi connectivity index (χ0n) is 12.7. The molecule has 0 aliphatic heterocycles. The minimum Gasteiger partial charge on any atom is -0.310 e. The quantitative estimate of drug-likeness (QED) is 0.790. The fourth-order valence-electron chi connectivity index (χ4n) is 2.41. The predicted molar refractivity (Wildman–Crippen MR) is 86.8 cm³/mol. The van der Waals surface area contributed by atoms with Crippen molar-refractivity contribution in [2.45, 2.75) is 39.8 Å². The summed E-state index contributed by atoms with van der Waals surface area (Å²) in [7, 11) is 0. The molecule has 0 fully saturated rings. The van der Waals surface area contributed by atoms with Crippen LogP contribution in [0.4, 0.5) is 4.39 Å².